The van der Waals surface area contributed by atoms with E-state index in [2.05, 4.69) is 15.5 Å². The van der Waals surface area contributed by atoms with Gasteiger partial charge in [-0.1, -0.05) is 6.07 Å². The Balaban J connectivity index is 1.27. The number of hydrogen-bond donors (Lipinski definition) is 2. The smallest absolute Gasteiger partial charge is 0.323 e. The molecule has 2 atom stereocenters. The molecule has 180 valence electrons. The van der Waals surface area contributed by atoms with Crippen LogP contribution >= 0.6 is 0 Å². The normalized spacial score (nSPS) is 22.7. The fourth-order valence-electron chi connectivity index (χ4n) is 5.77. The minimum Gasteiger partial charge on any atom is -0.343 e. The highest BCUT2D eigenvalue weighted by Crippen LogP contribution is 2.37. The van der Waals surface area contributed by atoms with Gasteiger partial charge in [0.25, 0.3) is 5.56 Å². The van der Waals surface area contributed by atoms with Gasteiger partial charge in [-0.15, -0.1) is 0 Å². The first-order valence-electron chi connectivity index (χ1n) is 11.9. The molecule has 9 heteroatoms. The molecule has 5 rings (SSSR count). The summed E-state index contributed by atoms with van der Waals surface area (Å²) in [6.45, 7) is 5.75. The third-order valence-electron chi connectivity index (χ3n) is 7.39. The molecule has 0 aliphatic carbocycles. The minimum absolute atomic E-state index is 0.149. The van der Waals surface area contributed by atoms with Crippen molar-refractivity contribution in [1.29, 1.82) is 0 Å². The van der Waals surface area contributed by atoms with Crippen LogP contribution in [0.3, 0.4) is 0 Å². The number of benzene rings is 1. The summed E-state index contributed by atoms with van der Waals surface area (Å²) >= 11 is 0. The number of halogens is 1. The second-order valence-electron chi connectivity index (χ2n) is 9.67. The van der Waals surface area contributed by atoms with Crippen molar-refractivity contribution in [2.45, 2.75) is 44.7 Å². The summed E-state index contributed by atoms with van der Waals surface area (Å²) in [6.07, 6.45) is 3.05. The molecule has 0 spiro atoms. The molecule has 0 radical (unpaired) electrons. The van der Waals surface area contributed by atoms with Crippen molar-refractivity contribution in [3.05, 3.63) is 58.3 Å². The van der Waals surface area contributed by atoms with Gasteiger partial charge in [-0.2, -0.15) is 0 Å². The number of pyridine rings is 1. The van der Waals surface area contributed by atoms with E-state index in [0.29, 0.717) is 24.2 Å². The molecule has 2 saturated heterocycles. The van der Waals surface area contributed by atoms with Crippen molar-refractivity contribution >= 4 is 23.3 Å². The number of nitrogens with one attached hydrogen (secondary N) is 2. The van der Waals surface area contributed by atoms with E-state index in [0.717, 1.165) is 51.1 Å². The van der Waals surface area contributed by atoms with Gasteiger partial charge in [0.1, 0.15) is 11.5 Å². The summed E-state index contributed by atoms with van der Waals surface area (Å²) < 4.78 is 15.2. The average Bonchev–Trinajstić information content (AvgIpc) is 2.81. The van der Waals surface area contributed by atoms with Gasteiger partial charge in [0, 0.05) is 63.0 Å². The molecule has 1 aromatic heterocycles. The average molecular weight is 468 g/mol. The van der Waals surface area contributed by atoms with Gasteiger partial charge in [-0.3, -0.25) is 14.5 Å². The molecule has 2 aromatic rings. The highest BCUT2D eigenvalue weighted by molar-refractivity contribution is 5.99. The molecular formula is C25H30FN5O3. The second kappa shape index (κ2) is 9.21. The zero-order valence-electron chi connectivity index (χ0n) is 19.3. The maximum atomic E-state index is 13.4. The van der Waals surface area contributed by atoms with Gasteiger partial charge in [0.2, 0.25) is 5.91 Å². The van der Waals surface area contributed by atoms with Gasteiger partial charge in [0.05, 0.1) is 0 Å². The van der Waals surface area contributed by atoms with E-state index in [-0.39, 0.29) is 23.1 Å². The number of nitrogens with zero attached hydrogens (tertiary/aromatic N) is 3. The number of likely N-dealkylation sites (tertiary alicyclic amines) is 2. The lowest BCUT2D eigenvalue weighted by molar-refractivity contribution is -0.130. The maximum Gasteiger partial charge on any atom is 0.323 e. The highest BCUT2D eigenvalue weighted by atomic mass is 19.1. The summed E-state index contributed by atoms with van der Waals surface area (Å²) in [5, 5.41) is 5.18. The van der Waals surface area contributed by atoms with Crippen molar-refractivity contribution in [2.75, 3.05) is 36.8 Å². The van der Waals surface area contributed by atoms with Crippen LogP contribution in [0.2, 0.25) is 0 Å². The van der Waals surface area contributed by atoms with E-state index in [1.807, 2.05) is 15.5 Å². The number of carbonyl (C=O) groups is 2. The Kier molecular flexibility index (Phi) is 6.12. The van der Waals surface area contributed by atoms with Crippen LogP contribution in [-0.4, -0.2) is 58.5 Å². The largest absolute Gasteiger partial charge is 0.343 e. The number of hydrogen-bond acceptors (Lipinski definition) is 4. The van der Waals surface area contributed by atoms with Crippen LogP contribution in [0.25, 0.3) is 0 Å². The van der Waals surface area contributed by atoms with Crippen LogP contribution in [-0.2, 0) is 11.3 Å². The standard InChI is InChI=1S/C25H30FN5O3/c1-16(32)29-9-7-21(8-10-29)30-13-17-11-18(15-30)23-6-5-22(24(33)31(23)14-17)28-25(34)27-20-4-2-3-19(26)12-20/h2-6,12,17-18,21H,7-11,13-15H2,1H3,(H2,27,28,34)/t17-,18-/m1/s1. The Morgan fingerprint density at radius 2 is 1.82 bits per heavy atom. The Morgan fingerprint density at radius 1 is 1.03 bits per heavy atom. The summed E-state index contributed by atoms with van der Waals surface area (Å²) in [6, 6.07) is 9.12. The fraction of sp³-hybridized carbons (Fsp3) is 0.480. The lowest BCUT2D eigenvalue weighted by Gasteiger charge is -2.47. The van der Waals surface area contributed by atoms with Gasteiger partial charge >= 0.3 is 6.03 Å². The van der Waals surface area contributed by atoms with Gasteiger partial charge < -0.3 is 20.1 Å². The van der Waals surface area contributed by atoms with Crippen LogP contribution in [0.4, 0.5) is 20.6 Å². The number of rotatable bonds is 3. The minimum atomic E-state index is -0.581. The molecule has 0 unspecified atom stereocenters. The molecule has 3 aliphatic heterocycles. The van der Waals surface area contributed by atoms with Crippen molar-refractivity contribution in [1.82, 2.24) is 14.4 Å². The summed E-state index contributed by atoms with van der Waals surface area (Å²) in [5.74, 6) is 0.361. The van der Waals surface area contributed by atoms with Gasteiger partial charge in [0.15, 0.2) is 0 Å². The quantitative estimate of drug-likeness (QED) is 0.727. The van der Waals surface area contributed by atoms with E-state index in [1.165, 1.54) is 18.2 Å². The predicted octanol–water partition coefficient (Wildman–Crippen LogP) is 3.06. The third-order valence-corrected chi connectivity index (χ3v) is 7.39. The molecule has 0 saturated carbocycles. The Hall–Kier alpha value is -3.20. The summed E-state index contributed by atoms with van der Waals surface area (Å²) in [7, 11) is 0. The number of urea groups is 1. The molecule has 2 bridgehead atoms. The Bertz CT molecular complexity index is 1160. The molecule has 4 heterocycles. The molecule has 34 heavy (non-hydrogen) atoms. The van der Waals surface area contributed by atoms with Gasteiger partial charge in [-0.05, 0) is 55.5 Å². The van der Waals surface area contributed by atoms with E-state index < -0.39 is 11.8 Å². The van der Waals surface area contributed by atoms with Crippen molar-refractivity contribution < 1.29 is 14.0 Å². The zero-order valence-corrected chi connectivity index (χ0v) is 19.3. The maximum absolute atomic E-state index is 13.4. The number of piperidine rings is 2. The first-order chi connectivity index (χ1) is 16.4. The van der Waals surface area contributed by atoms with Gasteiger partial charge in [-0.25, -0.2) is 9.18 Å². The van der Waals surface area contributed by atoms with Crippen LogP contribution in [0.15, 0.2) is 41.2 Å². The number of carbonyl (C=O) groups excluding carboxylic acids is 2. The monoisotopic (exact) mass is 467 g/mol. The first-order valence-corrected chi connectivity index (χ1v) is 11.9. The van der Waals surface area contributed by atoms with Crippen LogP contribution in [0.5, 0.6) is 0 Å². The van der Waals surface area contributed by atoms with Crippen LogP contribution in [0.1, 0.15) is 37.8 Å². The molecular weight excluding hydrogens is 437 g/mol. The van der Waals surface area contributed by atoms with Crippen molar-refractivity contribution in [3.8, 4) is 0 Å². The van der Waals surface area contributed by atoms with E-state index in [1.54, 1.807) is 19.1 Å². The van der Waals surface area contributed by atoms with Crippen molar-refractivity contribution in [2.24, 2.45) is 5.92 Å². The highest BCUT2D eigenvalue weighted by Gasteiger charge is 2.38. The van der Waals surface area contributed by atoms with Crippen molar-refractivity contribution in [3.63, 3.8) is 0 Å². The number of fused-ring (bicyclic) bond motifs is 4. The fourth-order valence-corrected chi connectivity index (χ4v) is 5.77. The molecule has 2 fully saturated rings. The molecule has 3 amide bonds. The zero-order chi connectivity index (χ0) is 23.8. The molecule has 3 aliphatic rings. The second-order valence-corrected chi connectivity index (χ2v) is 9.67. The topological polar surface area (TPSA) is 86.7 Å². The summed E-state index contributed by atoms with van der Waals surface area (Å²) in [5.41, 5.74) is 1.35. The number of amides is 3. The molecule has 8 nitrogen and oxygen atoms in total. The SMILES string of the molecule is CC(=O)N1CCC(N2C[C@H]3C[C@H](C2)c2ccc(NC(=O)Nc4cccc(F)c4)c(=O)n2C3)CC1. The number of aromatic nitrogens is 1. The van der Waals surface area contributed by atoms with E-state index in [9.17, 15) is 18.8 Å². The Morgan fingerprint density at radius 3 is 2.56 bits per heavy atom. The van der Waals surface area contributed by atoms with Crippen LogP contribution < -0.4 is 16.2 Å². The lowest BCUT2D eigenvalue weighted by Crippen LogP contribution is -2.53. The molecule has 1 aromatic carbocycles. The third kappa shape index (κ3) is 4.57. The van der Waals surface area contributed by atoms with E-state index >= 15 is 0 Å². The predicted molar refractivity (Wildman–Crippen MR) is 127 cm³/mol. The van der Waals surface area contributed by atoms with Crippen LogP contribution in [0, 0.1) is 11.7 Å². The Labute approximate surface area is 197 Å². The number of anilines is 2. The lowest BCUT2D eigenvalue weighted by atomic mass is 9.82. The summed E-state index contributed by atoms with van der Waals surface area (Å²) in [4.78, 5) is 41.7. The van der Waals surface area contributed by atoms with E-state index in [4.69, 9.17) is 0 Å². The first kappa shape index (κ1) is 22.6. The molecule has 2 N–H and O–H groups in total.